The molecule has 0 aliphatic rings. The molecule has 0 unspecified atom stereocenters. The first-order valence-electron chi connectivity index (χ1n) is 10.4. The number of para-hydroxylation sites is 1. The van der Waals surface area contributed by atoms with Crippen LogP contribution in [0, 0.1) is 0 Å². The van der Waals surface area contributed by atoms with Gasteiger partial charge in [0.15, 0.2) is 11.0 Å². The number of nitrogens with zero attached hydrogens (tertiary/aromatic N) is 7. The number of carbonyl (C=O) groups excluding carboxylic acids is 1. The van der Waals surface area contributed by atoms with Crippen LogP contribution in [-0.2, 0) is 18.4 Å². The maximum atomic E-state index is 12.9. The van der Waals surface area contributed by atoms with E-state index in [1.165, 1.54) is 16.3 Å². The van der Waals surface area contributed by atoms with Crippen molar-refractivity contribution in [3.8, 4) is 11.4 Å². The first-order chi connectivity index (χ1) is 16.6. The molecule has 0 fully saturated rings. The second kappa shape index (κ2) is 8.94. The number of rotatable bonds is 7. The van der Waals surface area contributed by atoms with Crippen LogP contribution >= 0.6 is 11.8 Å². The molecule has 1 N–H and O–H groups in total. The van der Waals surface area contributed by atoms with E-state index in [1.807, 2.05) is 54.1 Å². The van der Waals surface area contributed by atoms with Crippen molar-refractivity contribution in [2.75, 3.05) is 11.1 Å². The van der Waals surface area contributed by atoms with Crippen molar-refractivity contribution in [3.63, 3.8) is 0 Å². The number of hydrogen-bond acceptors (Lipinski definition) is 7. The summed E-state index contributed by atoms with van der Waals surface area (Å²) in [6, 6.07) is 14.7. The number of benzene rings is 2. The van der Waals surface area contributed by atoms with Gasteiger partial charge in [-0.1, -0.05) is 42.1 Å². The number of anilines is 1. The molecule has 0 saturated heterocycles. The van der Waals surface area contributed by atoms with Gasteiger partial charge in [-0.2, -0.15) is 0 Å². The Balaban J connectivity index is 1.40. The topological polar surface area (TPSA) is 112 Å². The molecule has 10 nitrogen and oxygen atoms in total. The molecule has 170 valence electrons. The molecule has 0 saturated carbocycles. The summed E-state index contributed by atoms with van der Waals surface area (Å²) in [7, 11) is 1.86. The van der Waals surface area contributed by atoms with Crippen molar-refractivity contribution in [1.29, 1.82) is 0 Å². The number of amides is 1. The van der Waals surface area contributed by atoms with Crippen LogP contribution in [0.3, 0.4) is 0 Å². The summed E-state index contributed by atoms with van der Waals surface area (Å²) in [4.78, 5) is 25.6. The molecule has 0 aliphatic carbocycles. The van der Waals surface area contributed by atoms with Gasteiger partial charge < -0.3 is 9.88 Å². The summed E-state index contributed by atoms with van der Waals surface area (Å²) in [5.74, 6) is 1.03. The van der Waals surface area contributed by atoms with E-state index in [-0.39, 0.29) is 17.2 Å². The zero-order valence-corrected chi connectivity index (χ0v) is 19.1. The SMILES string of the molecule is C=CCn1c(=O)c2ccccc2n2c(SCC(=O)Nc3cccc(-c4nncn4C)c3)nnc12. The molecule has 0 bridgehead atoms. The van der Waals surface area contributed by atoms with Crippen molar-refractivity contribution in [2.24, 2.45) is 7.05 Å². The minimum atomic E-state index is -0.194. The van der Waals surface area contributed by atoms with Gasteiger partial charge in [0.1, 0.15) is 6.33 Å². The Hall–Kier alpha value is -4.25. The number of hydrogen-bond donors (Lipinski definition) is 1. The van der Waals surface area contributed by atoms with Crippen LogP contribution < -0.4 is 10.9 Å². The molecule has 2 aromatic carbocycles. The zero-order chi connectivity index (χ0) is 23.7. The largest absolute Gasteiger partial charge is 0.325 e. The number of aryl methyl sites for hydroxylation is 1. The molecular weight excluding hydrogens is 452 g/mol. The predicted octanol–water partition coefficient (Wildman–Crippen LogP) is 2.76. The van der Waals surface area contributed by atoms with E-state index in [0.717, 1.165) is 5.56 Å². The molecule has 1 amide bonds. The Morgan fingerprint density at radius 1 is 1.15 bits per heavy atom. The monoisotopic (exact) mass is 472 g/mol. The van der Waals surface area contributed by atoms with Gasteiger partial charge >= 0.3 is 0 Å². The van der Waals surface area contributed by atoms with Gasteiger partial charge in [0.25, 0.3) is 5.56 Å². The molecule has 0 aliphatic heterocycles. The Morgan fingerprint density at radius 2 is 2.00 bits per heavy atom. The average Bonchev–Trinajstić information content (AvgIpc) is 3.47. The third-order valence-electron chi connectivity index (χ3n) is 5.24. The molecule has 5 aromatic rings. The van der Waals surface area contributed by atoms with Crippen LogP contribution in [0.5, 0.6) is 0 Å². The summed E-state index contributed by atoms with van der Waals surface area (Å²) in [5, 5.41) is 20.4. The maximum Gasteiger partial charge on any atom is 0.263 e. The number of fused-ring (bicyclic) bond motifs is 3. The Labute approximate surface area is 198 Å². The lowest BCUT2D eigenvalue weighted by molar-refractivity contribution is -0.113. The van der Waals surface area contributed by atoms with Crippen molar-refractivity contribution in [3.05, 3.63) is 77.9 Å². The summed E-state index contributed by atoms with van der Waals surface area (Å²) >= 11 is 1.25. The standard InChI is InChI=1S/C23H20N8O2S/c1-3-11-30-21(33)17-9-4-5-10-18(17)31-22(30)27-28-23(31)34-13-19(32)25-16-8-6-7-15(12-16)20-26-24-14-29(20)2/h3-10,12,14H,1,11,13H2,2H3,(H,25,32). The third-order valence-corrected chi connectivity index (χ3v) is 6.17. The fourth-order valence-electron chi connectivity index (χ4n) is 3.73. The number of thioether (sulfide) groups is 1. The molecule has 3 heterocycles. The third kappa shape index (κ3) is 3.86. The first-order valence-corrected chi connectivity index (χ1v) is 11.4. The van der Waals surface area contributed by atoms with Gasteiger partial charge in [-0.05, 0) is 24.3 Å². The molecule has 3 aromatic heterocycles. The lowest BCUT2D eigenvalue weighted by Gasteiger charge is -2.10. The fourth-order valence-corrected chi connectivity index (χ4v) is 4.47. The van der Waals surface area contributed by atoms with Gasteiger partial charge in [-0.15, -0.1) is 27.0 Å². The van der Waals surface area contributed by atoms with E-state index in [0.29, 0.717) is 39.9 Å². The minimum absolute atomic E-state index is 0.115. The van der Waals surface area contributed by atoms with Crippen LogP contribution in [0.1, 0.15) is 0 Å². The van der Waals surface area contributed by atoms with E-state index in [2.05, 4.69) is 32.3 Å². The second-order valence-electron chi connectivity index (χ2n) is 7.52. The fraction of sp³-hybridized carbons (Fsp3) is 0.130. The Kier molecular flexibility index (Phi) is 5.68. The number of aromatic nitrogens is 7. The summed E-state index contributed by atoms with van der Waals surface area (Å²) in [6.45, 7) is 4.04. The molecule has 0 atom stereocenters. The van der Waals surface area contributed by atoms with E-state index in [4.69, 9.17) is 0 Å². The number of nitrogens with one attached hydrogen (secondary N) is 1. The van der Waals surface area contributed by atoms with E-state index < -0.39 is 0 Å². The average molecular weight is 473 g/mol. The molecule has 0 spiro atoms. The highest BCUT2D eigenvalue weighted by atomic mass is 32.2. The van der Waals surface area contributed by atoms with Crippen LogP contribution in [0.4, 0.5) is 5.69 Å². The second-order valence-corrected chi connectivity index (χ2v) is 8.47. The van der Waals surface area contributed by atoms with Crippen molar-refractivity contribution in [1.82, 2.24) is 33.9 Å². The quantitative estimate of drug-likeness (QED) is 0.286. The van der Waals surface area contributed by atoms with Crippen molar-refractivity contribution >= 4 is 40.0 Å². The first kappa shape index (κ1) is 21.6. The highest BCUT2D eigenvalue weighted by Gasteiger charge is 2.17. The molecule has 11 heteroatoms. The van der Waals surface area contributed by atoms with Crippen LogP contribution in [-0.4, -0.2) is 45.6 Å². The van der Waals surface area contributed by atoms with Crippen molar-refractivity contribution in [2.45, 2.75) is 11.7 Å². The van der Waals surface area contributed by atoms with Crippen LogP contribution in [0.2, 0.25) is 0 Å². The van der Waals surface area contributed by atoms with E-state index in [9.17, 15) is 9.59 Å². The number of allylic oxidation sites excluding steroid dienone is 1. The summed E-state index contributed by atoms with van der Waals surface area (Å²) in [5.41, 5.74) is 2.03. The summed E-state index contributed by atoms with van der Waals surface area (Å²) < 4.78 is 5.13. The maximum absolute atomic E-state index is 12.9. The Morgan fingerprint density at radius 3 is 2.79 bits per heavy atom. The highest BCUT2D eigenvalue weighted by molar-refractivity contribution is 7.99. The molecular formula is C23H20N8O2S. The number of carbonyl (C=O) groups is 1. The molecule has 5 rings (SSSR count). The van der Waals surface area contributed by atoms with Gasteiger partial charge in [-0.3, -0.25) is 18.6 Å². The summed E-state index contributed by atoms with van der Waals surface area (Å²) in [6.07, 6.45) is 3.26. The van der Waals surface area contributed by atoms with E-state index >= 15 is 0 Å². The van der Waals surface area contributed by atoms with Gasteiger partial charge in [0, 0.05) is 24.8 Å². The molecule has 34 heavy (non-hydrogen) atoms. The van der Waals surface area contributed by atoms with Gasteiger partial charge in [-0.25, -0.2) is 0 Å². The van der Waals surface area contributed by atoms with Crippen molar-refractivity contribution < 1.29 is 4.79 Å². The van der Waals surface area contributed by atoms with Gasteiger partial charge in [0.2, 0.25) is 11.7 Å². The van der Waals surface area contributed by atoms with Crippen LogP contribution in [0.15, 0.2) is 77.5 Å². The predicted molar refractivity (Wildman–Crippen MR) is 131 cm³/mol. The zero-order valence-electron chi connectivity index (χ0n) is 18.3. The highest BCUT2D eigenvalue weighted by Crippen LogP contribution is 2.23. The normalized spacial score (nSPS) is 11.2. The lowest BCUT2D eigenvalue weighted by atomic mass is 10.2. The lowest BCUT2D eigenvalue weighted by Crippen LogP contribution is -2.22. The van der Waals surface area contributed by atoms with Gasteiger partial charge in [0.05, 0.1) is 16.7 Å². The van der Waals surface area contributed by atoms with E-state index in [1.54, 1.807) is 22.9 Å². The smallest absolute Gasteiger partial charge is 0.263 e. The Bertz CT molecular complexity index is 1600. The molecule has 0 radical (unpaired) electrons. The minimum Gasteiger partial charge on any atom is -0.325 e. The van der Waals surface area contributed by atoms with Crippen LogP contribution in [0.25, 0.3) is 28.1 Å².